The van der Waals surface area contributed by atoms with Gasteiger partial charge in [-0.3, -0.25) is 9.59 Å². The van der Waals surface area contributed by atoms with Crippen molar-refractivity contribution < 1.29 is 9.59 Å². The van der Waals surface area contributed by atoms with Gasteiger partial charge in [-0.25, -0.2) is 9.97 Å². The molecule has 1 aliphatic heterocycles. The molecule has 27 heavy (non-hydrogen) atoms. The van der Waals surface area contributed by atoms with Crippen LogP contribution < -0.4 is 5.32 Å². The number of nitrogens with zero attached hydrogens (tertiary/aromatic N) is 4. The molecule has 142 valence electrons. The van der Waals surface area contributed by atoms with Gasteiger partial charge in [-0.2, -0.15) is 0 Å². The van der Waals surface area contributed by atoms with Crippen LogP contribution in [0.25, 0.3) is 0 Å². The van der Waals surface area contributed by atoms with Crippen LogP contribution in [0.1, 0.15) is 23.0 Å². The summed E-state index contributed by atoms with van der Waals surface area (Å²) in [4.78, 5) is 35.8. The normalized spacial score (nSPS) is 14.1. The van der Waals surface area contributed by atoms with Crippen LogP contribution in [0, 0.1) is 0 Å². The average molecular weight is 388 g/mol. The molecule has 1 aromatic heterocycles. The Balaban J connectivity index is 1.48. The molecule has 1 fully saturated rings. The molecule has 0 unspecified atom stereocenters. The smallest absolute Gasteiger partial charge is 0.274 e. The van der Waals surface area contributed by atoms with Gasteiger partial charge < -0.3 is 15.1 Å². The summed E-state index contributed by atoms with van der Waals surface area (Å²) < 4.78 is 0. The first kappa shape index (κ1) is 19.1. The summed E-state index contributed by atoms with van der Waals surface area (Å²) in [6, 6.07) is 7.72. The van der Waals surface area contributed by atoms with Crippen LogP contribution in [0.4, 0.5) is 5.82 Å². The Kier molecular flexibility index (Phi) is 6.24. The number of benzene rings is 1. The molecule has 2 aromatic rings. The van der Waals surface area contributed by atoms with Crippen molar-refractivity contribution in [2.45, 2.75) is 13.3 Å². The van der Waals surface area contributed by atoms with Gasteiger partial charge in [-0.15, -0.1) is 0 Å². The van der Waals surface area contributed by atoms with E-state index in [1.54, 1.807) is 22.9 Å². The predicted molar refractivity (Wildman–Crippen MR) is 104 cm³/mol. The number of amides is 2. The lowest BCUT2D eigenvalue weighted by molar-refractivity contribution is -0.130. The fraction of sp³-hybridized carbons (Fsp3) is 0.368. The number of hydrogen-bond acceptors (Lipinski definition) is 5. The molecule has 1 N–H and O–H groups in total. The zero-order chi connectivity index (χ0) is 19.2. The van der Waals surface area contributed by atoms with Crippen LogP contribution in [0.15, 0.2) is 36.7 Å². The van der Waals surface area contributed by atoms with Gasteiger partial charge in [0.05, 0.1) is 12.4 Å². The predicted octanol–water partition coefficient (Wildman–Crippen LogP) is 2.09. The summed E-state index contributed by atoms with van der Waals surface area (Å²) in [6.07, 6.45) is 3.89. The second-order valence-corrected chi connectivity index (χ2v) is 6.82. The number of halogens is 1. The third-order valence-corrected chi connectivity index (χ3v) is 4.77. The van der Waals surface area contributed by atoms with Crippen molar-refractivity contribution in [3.63, 3.8) is 0 Å². The molecule has 0 saturated carbocycles. The summed E-state index contributed by atoms with van der Waals surface area (Å²) in [6.45, 7) is 4.39. The van der Waals surface area contributed by atoms with E-state index in [-0.39, 0.29) is 11.8 Å². The van der Waals surface area contributed by atoms with Gasteiger partial charge in [-0.1, -0.05) is 23.7 Å². The van der Waals surface area contributed by atoms with Crippen LogP contribution in [0.2, 0.25) is 5.02 Å². The summed E-state index contributed by atoms with van der Waals surface area (Å²) in [5.41, 5.74) is 1.49. The lowest BCUT2D eigenvalue weighted by atomic mass is 10.1. The molecule has 3 rings (SSSR count). The minimum Gasteiger partial charge on any atom is -0.368 e. The van der Waals surface area contributed by atoms with E-state index >= 15 is 0 Å². The van der Waals surface area contributed by atoms with Crippen LogP contribution >= 0.6 is 11.6 Å². The van der Waals surface area contributed by atoms with Gasteiger partial charge in [0.2, 0.25) is 5.91 Å². The van der Waals surface area contributed by atoms with Gasteiger partial charge in [0.25, 0.3) is 5.91 Å². The highest BCUT2D eigenvalue weighted by Gasteiger charge is 2.24. The highest BCUT2D eigenvalue weighted by atomic mass is 35.5. The van der Waals surface area contributed by atoms with Gasteiger partial charge in [0.15, 0.2) is 0 Å². The number of rotatable bonds is 5. The topological polar surface area (TPSA) is 78.4 Å². The number of carbonyl (C=O) groups is 2. The Morgan fingerprint density at radius 2 is 1.70 bits per heavy atom. The highest BCUT2D eigenvalue weighted by Crippen LogP contribution is 2.11. The number of carbonyl (C=O) groups excluding carboxylic acids is 2. The molecule has 2 amide bonds. The molecular weight excluding hydrogens is 366 g/mol. The first-order chi connectivity index (χ1) is 13.0. The molecule has 0 bridgehead atoms. The summed E-state index contributed by atoms with van der Waals surface area (Å²) in [5, 5.41) is 3.92. The maximum Gasteiger partial charge on any atom is 0.274 e. The molecule has 1 aromatic carbocycles. The Morgan fingerprint density at radius 1 is 1.04 bits per heavy atom. The fourth-order valence-corrected chi connectivity index (χ4v) is 3.03. The minimum atomic E-state index is -0.154. The first-order valence-corrected chi connectivity index (χ1v) is 9.26. The van der Waals surface area contributed by atoms with Crippen LogP contribution in [-0.2, 0) is 11.2 Å². The van der Waals surface area contributed by atoms with E-state index in [9.17, 15) is 9.59 Å². The molecule has 8 heteroatoms. The Labute approximate surface area is 163 Å². The van der Waals surface area contributed by atoms with Crippen molar-refractivity contribution in [3.05, 3.63) is 52.9 Å². The molecule has 2 heterocycles. The number of anilines is 1. The maximum atomic E-state index is 12.5. The standard InChI is InChI=1S/C19H22ClN5O2/c1-14(26)24-8-10-25(11-9-24)19(27)17-12-23-18(13-22-17)21-7-6-15-2-4-16(20)5-3-15/h2-5,12-13H,6-11H2,1H3,(H,21,23). The number of piperazine rings is 1. The highest BCUT2D eigenvalue weighted by molar-refractivity contribution is 6.30. The van der Waals surface area contributed by atoms with E-state index < -0.39 is 0 Å². The average Bonchev–Trinajstić information content (AvgIpc) is 2.69. The zero-order valence-electron chi connectivity index (χ0n) is 15.2. The van der Waals surface area contributed by atoms with Crippen molar-refractivity contribution in [2.75, 3.05) is 38.0 Å². The third-order valence-electron chi connectivity index (χ3n) is 4.52. The molecular formula is C19H22ClN5O2. The fourth-order valence-electron chi connectivity index (χ4n) is 2.90. The Hall–Kier alpha value is -2.67. The van der Waals surface area contributed by atoms with Crippen LogP contribution in [-0.4, -0.2) is 64.3 Å². The van der Waals surface area contributed by atoms with Crippen molar-refractivity contribution in [2.24, 2.45) is 0 Å². The second kappa shape index (κ2) is 8.81. The van der Waals surface area contributed by atoms with E-state index in [4.69, 9.17) is 11.6 Å². The lowest BCUT2D eigenvalue weighted by Crippen LogP contribution is -2.50. The molecule has 0 radical (unpaired) electrons. The lowest BCUT2D eigenvalue weighted by Gasteiger charge is -2.33. The molecule has 7 nitrogen and oxygen atoms in total. The van der Waals surface area contributed by atoms with E-state index in [2.05, 4.69) is 15.3 Å². The van der Waals surface area contributed by atoms with Gasteiger partial charge in [0, 0.05) is 44.7 Å². The van der Waals surface area contributed by atoms with Crippen LogP contribution in [0.3, 0.4) is 0 Å². The van der Waals surface area contributed by atoms with Gasteiger partial charge in [-0.05, 0) is 24.1 Å². The Morgan fingerprint density at radius 3 is 2.30 bits per heavy atom. The summed E-state index contributed by atoms with van der Waals surface area (Å²) >= 11 is 5.88. The monoisotopic (exact) mass is 387 g/mol. The maximum absolute atomic E-state index is 12.5. The molecule has 0 atom stereocenters. The van der Waals surface area contributed by atoms with E-state index in [0.29, 0.717) is 44.2 Å². The first-order valence-electron chi connectivity index (χ1n) is 8.88. The van der Waals surface area contributed by atoms with E-state index in [1.807, 2.05) is 24.3 Å². The van der Waals surface area contributed by atoms with Gasteiger partial charge >= 0.3 is 0 Å². The largest absolute Gasteiger partial charge is 0.368 e. The minimum absolute atomic E-state index is 0.0379. The van der Waals surface area contributed by atoms with Crippen molar-refractivity contribution >= 4 is 29.2 Å². The van der Waals surface area contributed by atoms with Crippen LogP contribution in [0.5, 0.6) is 0 Å². The van der Waals surface area contributed by atoms with E-state index in [0.717, 1.165) is 11.4 Å². The van der Waals surface area contributed by atoms with E-state index in [1.165, 1.54) is 11.8 Å². The third kappa shape index (κ3) is 5.17. The molecule has 0 aliphatic carbocycles. The molecule has 1 saturated heterocycles. The summed E-state index contributed by atoms with van der Waals surface area (Å²) in [7, 11) is 0. The summed E-state index contributed by atoms with van der Waals surface area (Å²) in [5.74, 6) is 0.510. The van der Waals surface area contributed by atoms with Crippen molar-refractivity contribution in [1.82, 2.24) is 19.8 Å². The number of aromatic nitrogens is 2. The number of nitrogens with one attached hydrogen (secondary N) is 1. The zero-order valence-corrected chi connectivity index (χ0v) is 15.9. The number of hydrogen-bond donors (Lipinski definition) is 1. The van der Waals surface area contributed by atoms with Gasteiger partial charge in [0.1, 0.15) is 11.5 Å². The SMILES string of the molecule is CC(=O)N1CCN(C(=O)c2cnc(NCCc3ccc(Cl)cc3)cn2)CC1. The van der Waals surface area contributed by atoms with Crippen molar-refractivity contribution in [3.8, 4) is 0 Å². The molecule has 1 aliphatic rings. The quantitative estimate of drug-likeness (QED) is 0.849. The Bertz CT molecular complexity index is 787. The molecule has 0 spiro atoms. The van der Waals surface area contributed by atoms with Crippen molar-refractivity contribution in [1.29, 1.82) is 0 Å². The second-order valence-electron chi connectivity index (χ2n) is 6.39.